The first-order valence-corrected chi connectivity index (χ1v) is 9.10. The largest absolute Gasteiger partial charge is 0.337 e. The van der Waals surface area contributed by atoms with Crippen molar-refractivity contribution in [1.29, 1.82) is 5.26 Å². The zero-order valence-electron chi connectivity index (χ0n) is 14.5. The molecule has 2 rings (SSSR count). The molecule has 0 atom stereocenters. The molecule has 0 spiro atoms. The molecule has 0 aliphatic heterocycles. The fourth-order valence-electron chi connectivity index (χ4n) is 3.58. The molecule has 130 valence electrons. The second kappa shape index (κ2) is 8.00. The molecule has 2 N–H and O–H groups in total. The zero-order chi connectivity index (χ0) is 17.6. The summed E-state index contributed by atoms with van der Waals surface area (Å²) in [5, 5.41) is 16.5. The third-order valence-electron chi connectivity index (χ3n) is 5.24. The Morgan fingerprint density at radius 3 is 2.33 bits per heavy atom. The Morgan fingerprint density at radius 1 is 1.25 bits per heavy atom. The molecule has 0 heterocycles. The maximum absolute atomic E-state index is 12.4. The van der Waals surface area contributed by atoms with Crippen LogP contribution in [0.5, 0.6) is 0 Å². The van der Waals surface area contributed by atoms with E-state index in [0.29, 0.717) is 5.02 Å². The maximum Gasteiger partial charge on any atom is 0.235 e. The first-order chi connectivity index (χ1) is 11.5. The van der Waals surface area contributed by atoms with Crippen LogP contribution in [0, 0.1) is 11.3 Å². The van der Waals surface area contributed by atoms with Crippen LogP contribution in [-0.4, -0.2) is 18.0 Å². The molecule has 5 heteroatoms. The van der Waals surface area contributed by atoms with E-state index < -0.39 is 5.54 Å². The van der Waals surface area contributed by atoms with Crippen molar-refractivity contribution in [2.45, 2.75) is 63.5 Å². The minimum absolute atomic E-state index is 0.112. The molecular formula is C19H26ClN3O. The molecule has 4 nitrogen and oxygen atoms in total. The van der Waals surface area contributed by atoms with E-state index in [9.17, 15) is 10.1 Å². The molecule has 1 aromatic carbocycles. The minimum Gasteiger partial charge on any atom is -0.337 e. The fourth-order valence-corrected chi connectivity index (χ4v) is 3.71. The van der Waals surface area contributed by atoms with Gasteiger partial charge in [0.05, 0.1) is 12.6 Å². The molecule has 1 amide bonds. The number of hydrogen-bond donors (Lipinski definition) is 2. The summed E-state index contributed by atoms with van der Waals surface area (Å²) in [6, 6.07) is 10.1. The molecule has 1 saturated carbocycles. The predicted molar refractivity (Wildman–Crippen MR) is 96.7 cm³/mol. The highest BCUT2D eigenvalue weighted by atomic mass is 35.5. The topological polar surface area (TPSA) is 64.9 Å². The molecule has 24 heavy (non-hydrogen) atoms. The molecule has 0 unspecified atom stereocenters. The number of nitriles is 1. The third kappa shape index (κ3) is 4.09. The molecule has 0 bridgehead atoms. The Morgan fingerprint density at radius 2 is 1.83 bits per heavy atom. The molecule has 0 saturated heterocycles. The van der Waals surface area contributed by atoms with Gasteiger partial charge in [-0.3, -0.25) is 10.1 Å². The summed E-state index contributed by atoms with van der Waals surface area (Å²) in [6.07, 6.45) is 5.22. The SMILES string of the molecule is CCC(CC)(NCC(=O)NC1(C#N)CCCC1)c1ccc(Cl)cc1. The quantitative estimate of drug-likeness (QED) is 0.786. The molecule has 1 aliphatic carbocycles. The summed E-state index contributed by atoms with van der Waals surface area (Å²) in [5.74, 6) is -0.112. The number of carbonyl (C=O) groups is 1. The average molecular weight is 348 g/mol. The Kier molecular flexibility index (Phi) is 6.26. The molecule has 0 aromatic heterocycles. The van der Waals surface area contributed by atoms with E-state index in [2.05, 4.69) is 30.6 Å². The van der Waals surface area contributed by atoms with E-state index in [1.54, 1.807) is 0 Å². The number of halogens is 1. The lowest BCUT2D eigenvalue weighted by atomic mass is 9.84. The van der Waals surface area contributed by atoms with E-state index in [4.69, 9.17) is 11.6 Å². The van der Waals surface area contributed by atoms with Crippen LogP contribution in [-0.2, 0) is 10.3 Å². The summed E-state index contributed by atoms with van der Waals surface area (Å²) in [4.78, 5) is 12.4. The first kappa shape index (κ1) is 18.8. The predicted octanol–water partition coefficient (Wildman–Crippen LogP) is 3.90. The van der Waals surface area contributed by atoms with Crippen LogP contribution in [0.2, 0.25) is 5.02 Å². The Labute approximate surface area is 149 Å². The highest BCUT2D eigenvalue weighted by Gasteiger charge is 2.36. The van der Waals surface area contributed by atoms with Crippen LogP contribution in [0.3, 0.4) is 0 Å². The van der Waals surface area contributed by atoms with E-state index in [0.717, 1.165) is 44.1 Å². The van der Waals surface area contributed by atoms with Crippen molar-refractivity contribution < 1.29 is 4.79 Å². The standard InChI is InChI=1S/C19H26ClN3O/c1-3-19(4-2,15-7-9-16(20)10-8-15)22-13-17(24)23-18(14-21)11-5-6-12-18/h7-10,22H,3-6,11-13H2,1-2H3,(H,23,24). The van der Waals surface area contributed by atoms with E-state index in [1.165, 1.54) is 0 Å². The van der Waals surface area contributed by atoms with Crippen molar-refractivity contribution >= 4 is 17.5 Å². The summed E-state index contributed by atoms with van der Waals surface area (Å²) >= 11 is 5.99. The van der Waals surface area contributed by atoms with Crippen molar-refractivity contribution in [3.63, 3.8) is 0 Å². The summed E-state index contributed by atoms with van der Waals surface area (Å²) in [5.41, 5.74) is 0.193. The van der Waals surface area contributed by atoms with Gasteiger partial charge >= 0.3 is 0 Å². The van der Waals surface area contributed by atoms with Gasteiger partial charge in [-0.25, -0.2) is 0 Å². The Bertz CT molecular complexity index is 596. The van der Waals surface area contributed by atoms with E-state index in [-0.39, 0.29) is 18.0 Å². The van der Waals surface area contributed by atoms with Crippen molar-refractivity contribution in [2.75, 3.05) is 6.54 Å². The van der Waals surface area contributed by atoms with E-state index in [1.807, 2.05) is 24.3 Å². The van der Waals surface area contributed by atoms with Gasteiger partial charge in [-0.05, 0) is 56.2 Å². The van der Waals surface area contributed by atoms with Crippen LogP contribution in [0.1, 0.15) is 57.9 Å². The number of nitrogens with zero attached hydrogens (tertiary/aromatic N) is 1. The van der Waals surface area contributed by atoms with Crippen molar-refractivity contribution in [2.24, 2.45) is 0 Å². The molecular weight excluding hydrogens is 322 g/mol. The normalized spacial score (nSPS) is 16.6. The van der Waals surface area contributed by atoms with Gasteiger partial charge in [0.25, 0.3) is 0 Å². The minimum atomic E-state index is -0.667. The summed E-state index contributed by atoms with van der Waals surface area (Å²) in [6.45, 7) is 4.42. The lowest BCUT2D eigenvalue weighted by Crippen LogP contribution is -2.52. The van der Waals surface area contributed by atoms with Gasteiger partial charge in [0.15, 0.2) is 0 Å². The number of benzene rings is 1. The molecule has 1 fully saturated rings. The van der Waals surface area contributed by atoms with E-state index >= 15 is 0 Å². The van der Waals surface area contributed by atoms with Gasteiger partial charge in [0.1, 0.15) is 5.54 Å². The summed E-state index contributed by atoms with van der Waals surface area (Å²) < 4.78 is 0. The van der Waals surface area contributed by atoms with Crippen LogP contribution in [0.15, 0.2) is 24.3 Å². The highest BCUT2D eigenvalue weighted by Crippen LogP contribution is 2.30. The van der Waals surface area contributed by atoms with Crippen molar-refractivity contribution in [3.8, 4) is 6.07 Å². The lowest BCUT2D eigenvalue weighted by Gasteiger charge is -2.34. The Hall–Kier alpha value is -1.57. The second-order valence-corrected chi connectivity index (χ2v) is 7.04. The third-order valence-corrected chi connectivity index (χ3v) is 5.49. The number of rotatable bonds is 7. The van der Waals surface area contributed by atoms with Crippen molar-refractivity contribution in [1.82, 2.24) is 10.6 Å². The van der Waals surface area contributed by atoms with Crippen LogP contribution < -0.4 is 10.6 Å². The van der Waals surface area contributed by atoms with Crippen LogP contribution in [0.4, 0.5) is 0 Å². The monoisotopic (exact) mass is 347 g/mol. The second-order valence-electron chi connectivity index (χ2n) is 6.60. The van der Waals surface area contributed by atoms with Gasteiger partial charge in [-0.15, -0.1) is 0 Å². The summed E-state index contributed by atoms with van der Waals surface area (Å²) in [7, 11) is 0. The number of carbonyl (C=O) groups excluding carboxylic acids is 1. The van der Waals surface area contributed by atoms with Crippen LogP contribution in [0.25, 0.3) is 0 Å². The van der Waals surface area contributed by atoms with Gasteiger partial charge < -0.3 is 5.32 Å². The highest BCUT2D eigenvalue weighted by molar-refractivity contribution is 6.30. The lowest BCUT2D eigenvalue weighted by molar-refractivity contribution is -0.122. The van der Waals surface area contributed by atoms with Gasteiger partial charge in [0, 0.05) is 10.6 Å². The first-order valence-electron chi connectivity index (χ1n) is 8.72. The van der Waals surface area contributed by atoms with Crippen molar-refractivity contribution in [3.05, 3.63) is 34.9 Å². The fraction of sp³-hybridized carbons (Fsp3) is 0.579. The maximum atomic E-state index is 12.4. The van der Waals surface area contributed by atoms with Crippen LogP contribution >= 0.6 is 11.6 Å². The van der Waals surface area contributed by atoms with Gasteiger partial charge in [-0.2, -0.15) is 5.26 Å². The number of amides is 1. The molecule has 0 radical (unpaired) electrons. The Balaban J connectivity index is 2.04. The molecule has 1 aliphatic rings. The van der Waals surface area contributed by atoms with Gasteiger partial charge in [-0.1, -0.05) is 37.6 Å². The smallest absolute Gasteiger partial charge is 0.235 e. The molecule has 1 aromatic rings. The zero-order valence-corrected chi connectivity index (χ0v) is 15.2. The van der Waals surface area contributed by atoms with Gasteiger partial charge in [0.2, 0.25) is 5.91 Å². The average Bonchev–Trinajstić information content (AvgIpc) is 3.06. The number of hydrogen-bond acceptors (Lipinski definition) is 3. The number of nitrogens with one attached hydrogen (secondary N) is 2.